The fourth-order valence-corrected chi connectivity index (χ4v) is 2.83. The van der Waals surface area contributed by atoms with Gasteiger partial charge in [0.25, 0.3) is 0 Å². The molecule has 0 aliphatic carbocycles. The van der Waals surface area contributed by atoms with Crippen molar-refractivity contribution in [1.82, 2.24) is 5.32 Å². The number of hydrogen-bond acceptors (Lipinski definition) is 3. The average Bonchev–Trinajstić information content (AvgIpc) is 2.20. The number of aryl methyl sites for hydroxylation is 2. The number of amides is 1. The van der Waals surface area contributed by atoms with Crippen molar-refractivity contribution in [3.8, 4) is 0 Å². The lowest BCUT2D eigenvalue weighted by molar-refractivity contribution is -0.118. The molecule has 0 saturated carbocycles. The molecule has 0 aliphatic heterocycles. The number of benzene rings is 1. The van der Waals surface area contributed by atoms with Crippen LogP contribution in [0.5, 0.6) is 0 Å². The molecular formula is C13H20N2O3S. The number of carbonyl (C=O) groups excluding carboxylic acids is 1. The van der Waals surface area contributed by atoms with E-state index in [1.165, 1.54) is 17.5 Å². The largest absolute Gasteiger partial charge is 0.355 e. The number of rotatable bonds is 5. The van der Waals surface area contributed by atoms with Gasteiger partial charge in [0.2, 0.25) is 15.9 Å². The van der Waals surface area contributed by atoms with Crippen LogP contribution >= 0.6 is 0 Å². The van der Waals surface area contributed by atoms with E-state index in [-0.39, 0.29) is 19.0 Å². The van der Waals surface area contributed by atoms with Gasteiger partial charge in [-0.25, -0.2) is 8.42 Å². The van der Waals surface area contributed by atoms with Crippen LogP contribution in [0.1, 0.15) is 18.1 Å². The average molecular weight is 284 g/mol. The molecule has 1 rings (SSSR count). The molecule has 0 aliphatic rings. The van der Waals surface area contributed by atoms with Crippen molar-refractivity contribution in [1.29, 1.82) is 0 Å². The first-order valence-electron chi connectivity index (χ1n) is 6.00. The molecule has 1 aromatic rings. The van der Waals surface area contributed by atoms with Gasteiger partial charge in [-0.15, -0.1) is 0 Å². The highest BCUT2D eigenvalue weighted by molar-refractivity contribution is 7.92. The SMILES string of the molecule is CC(=O)NCCN(c1cc(C)cc(C)c1)S(C)(=O)=O. The van der Waals surface area contributed by atoms with Gasteiger partial charge in [-0.2, -0.15) is 0 Å². The number of nitrogens with one attached hydrogen (secondary N) is 1. The first-order valence-corrected chi connectivity index (χ1v) is 7.85. The monoisotopic (exact) mass is 284 g/mol. The summed E-state index contributed by atoms with van der Waals surface area (Å²) in [6.07, 6.45) is 1.17. The fourth-order valence-electron chi connectivity index (χ4n) is 1.91. The maximum absolute atomic E-state index is 11.8. The van der Waals surface area contributed by atoms with E-state index < -0.39 is 10.0 Å². The molecule has 1 N–H and O–H groups in total. The molecule has 0 heterocycles. The van der Waals surface area contributed by atoms with Gasteiger partial charge >= 0.3 is 0 Å². The zero-order valence-electron chi connectivity index (χ0n) is 11.7. The number of nitrogens with zero attached hydrogens (tertiary/aromatic N) is 1. The fraction of sp³-hybridized carbons (Fsp3) is 0.462. The summed E-state index contributed by atoms with van der Waals surface area (Å²) < 4.78 is 25.0. The van der Waals surface area contributed by atoms with Crippen molar-refractivity contribution in [3.05, 3.63) is 29.3 Å². The Morgan fingerprint density at radius 1 is 1.21 bits per heavy atom. The molecule has 1 amide bonds. The van der Waals surface area contributed by atoms with Crippen molar-refractivity contribution in [2.75, 3.05) is 23.7 Å². The lowest BCUT2D eigenvalue weighted by atomic mass is 10.1. The van der Waals surface area contributed by atoms with Crippen LogP contribution in [0.3, 0.4) is 0 Å². The van der Waals surface area contributed by atoms with E-state index in [9.17, 15) is 13.2 Å². The summed E-state index contributed by atoms with van der Waals surface area (Å²) in [4.78, 5) is 10.8. The Labute approximate surface area is 114 Å². The van der Waals surface area contributed by atoms with E-state index in [4.69, 9.17) is 0 Å². The molecule has 0 unspecified atom stereocenters. The Kier molecular flexibility index (Phi) is 4.94. The van der Waals surface area contributed by atoms with Gasteiger partial charge in [0, 0.05) is 13.5 Å². The molecule has 0 bridgehead atoms. The van der Waals surface area contributed by atoms with Gasteiger partial charge in [0.05, 0.1) is 18.5 Å². The standard InChI is InChI=1S/C13H20N2O3S/c1-10-7-11(2)9-13(8-10)15(19(4,17)18)6-5-14-12(3)16/h7-9H,5-6H2,1-4H3,(H,14,16). The Balaban J connectivity index is 3.00. The molecule has 106 valence electrons. The molecular weight excluding hydrogens is 264 g/mol. The Hall–Kier alpha value is -1.56. The molecule has 1 aromatic carbocycles. The number of carbonyl (C=O) groups is 1. The molecule has 0 saturated heterocycles. The second-order valence-corrected chi connectivity index (χ2v) is 6.57. The second-order valence-electron chi connectivity index (χ2n) is 4.66. The summed E-state index contributed by atoms with van der Waals surface area (Å²) in [6.45, 7) is 5.76. The zero-order chi connectivity index (χ0) is 14.6. The van der Waals surface area contributed by atoms with E-state index >= 15 is 0 Å². The van der Waals surface area contributed by atoms with Crippen molar-refractivity contribution < 1.29 is 13.2 Å². The van der Waals surface area contributed by atoms with Gasteiger partial charge in [-0.1, -0.05) is 6.07 Å². The Morgan fingerprint density at radius 2 is 1.74 bits per heavy atom. The van der Waals surface area contributed by atoms with Crippen molar-refractivity contribution in [3.63, 3.8) is 0 Å². The van der Waals surface area contributed by atoms with E-state index in [0.717, 1.165) is 11.1 Å². The van der Waals surface area contributed by atoms with E-state index in [2.05, 4.69) is 5.32 Å². The lowest BCUT2D eigenvalue weighted by Crippen LogP contribution is -2.37. The van der Waals surface area contributed by atoms with Crippen LogP contribution < -0.4 is 9.62 Å². The minimum Gasteiger partial charge on any atom is -0.355 e. The quantitative estimate of drug-likeness (QED) is 0.883. The molecule has 19 heavy (non-hydrogen) atoms. The third-order valence-corrected chi connectivity index (χ3v) is 3.78. The van der Waals surface area contributed by atoms with E-state index in [1.54, 1.807) is 0 Å². The third-order valence-electron chi connectivity index (χ3n) is 2.58. The van der Waals surface area contributed by atoms with Gasteiger partial charge in [-0.3, -0.25) is 9.10 Å². The summed E-state index contributed by atoms with van der Waals surface area (Å²) in [7, 11) is -3.37. The summed E-state index contributed by atoms with van der Waals surface area (Å²) >= 11 is 0. The first kappa shape index (κ1) is 15.5. The molecule has 0 aromatic heterocycles. The predicted octanol–water partition coefficient (Wildman–Crippen LogP) is 1.21. The predicted molar refractivity (Wildman–Crippen MR) is 76.8 cm³/mol. The first-order chi connectivity index (χ1) is 8.70. The smallest absolute Gasteiger partial charge is 0.232 e. The van der Waals surface area contributed by atoms with Crippen LogP contribution in [0.2, 0.25) is 0 Å². The van der Waals surface area contributed by atoms with Gasteiger partial charge in [-0.05, 0) is 37.1 Å². The summed E-state index contributed by atoms with van der Waals surface area (Å²) in [6, 6.07) is 5.63. The van der Waals surface area contributed by atoms with Crippen LogP contribution in [-0.2, 0) is 14.8 Å². The normalized spacial score (nSPS) is 11.2. The molecule has 0 fully saturated rings. The molecule has 0 spiro atoms. The minimum absolute atomic E-state index is 0.172. The molecule has 0 atom stereocenters. The summed E-state index contributed by atoms with van der Waals surface area (Å²) in [5.41, 5.74) is 2.64. The maximum Gasteiger partial charge on any atom is 0.232 e. The van der Waals surface area contributed by atoms with E-state index in [0.29, 0.717) is 5.69 Å². The Bertz CT molecular complexity index is 547. The minimum atomic E-state index is -3.37. The highest BCUT2D eigenvalue weighted by Crippen LogP contribution is 2.20. The number of sulfonamides is 1. The highest BCUT2D eigenvalue weighted by Gasteiger charge is 2.17. The lowest BCUT2D eigenvalue weighted by Gasteiger charge is -2.23. The molecule has 0 radical (unpaired) electrons. The molecule has 5 nitrogen and oxygen atoms in total. The molecule has 6 heteroatoms. The Morgan fingerprint density at radius 3 is 2.16 bits per heavy atom. The van der Waals surface area contributed by atoms with Crippen molar-refractivity contribution in [2.24, 2.45) is 0 Å². The summed E-state index contributed by atoms with van der Waals surface area (Å²) in [5.74, 6) is -0.172. The third kappa shape index (κ3) is 4.90. The van der Waals surface area contributed by atoms with Gasteiger partial charge < -0.3 is 5.32 Å². The van der Waals surface area contributed by atoms with Crippen LogP contribution in [0.25, 0.3) is 0 Å². The maximum atomic E-state index is 11.8. The van der Waals surface area contributed by atoms with Crippen LogP contribution in [0.4, 0.5) is 5.69 Å². The van der Waals surface area contributed by atoms with Gasteiger partial charge in [0.15, 0.2) is 0 Å². The summed E-state index contributed by atoms with van der Waals surface area (Å²) in [5, 5.41) is 2.60. The second kappa shape index (κ2) is 6.06. The van der Waals surface area contributed by atoms with Crippen molar-refractivity contribution in [2.45, 2.75) is 20.8 Å². The number of anilines is 1. The zero-order valence-corrected chi connectivity index (χ0v) is 12.5. The topological polar surface area (TPSA) is 66.5 Å². The highest BCUT2D eigenvalue weighted by atomic mass is 32.2. The van der Waals surface area contributed by atoms with Gasteiger partial charge in [0.1, 0.15) is 0 Å². The van der Waals surface area contributed by atoms with Crippen LogP contribution in [0, 0.1) is 13.8 Å². The van der Waals surface area contributed by atoms with Crippen molar-refractivity contribution >= 4 is 21.6 Å². The van der Waals surface area contributed by atoms with Crippen LogP contribution in [-0.4, -0.2) is 33.7 Å². The van der Waals surface area contributed by atoms with Crippen LogP contribution in [0.15, 0.2) is 18.2 Å². The number of hydrogen-bond donors (Lipinski definition) is 1. The van der Waals surface area contributed by atoms with E-state index in [1.807, 2.05) is 32.0 Å².